The van der Waals surface area contributed by atoms with E-state index in [0.717, 1.165) is 32.1 Å². The molecule has 0 aromatic heterocycles. The van der Waals surface area contributed by atoms with Crippen LogP contribution in [0.3, 0.4) is 0 Å². The van der Waals surface area contributed by atoms with E-state index in [1.54, 1.807) is 0 Å². The predicted octanol–water partition coefficient (Wildman–Crippen LogP) is 2.42. The molecule has 0 radical (unpaired) electrons. The normalized spacial score (nSPS) is 27.6. The summed E-state index contributed by atoms with van der Waals surface area (Å²) in [4.78, 5) is 11.7. The van der Waals surface area contributed by atoms with E-state index < -0.39 is 25.3 Å². The van der Waals surface area contributed by atoms with Crippen molar-refractivity contribution in [1.82, 2.24) is 5.32 Å². The molecular formula is C14H22F3NO3. The first-order valence-corrected chi connectivity index (χ1v) is 7.43. The first kappa shape index (κ1) is 16.5. The Bertz CT molecular complexity index is 367. The van der Waals surface area contributed by atoms with Gasteiger partial charge < -0.3 is 14.8 Å². The van der Waals surface area contributed by atoms with Crippen LogP contribution in [0, 0.1) is 5.41 Å². The van der Waals surface area contributed by atoms with Gasteiger partial charge in [-0.25, -0.2) is 0 Å². The summed E-state index contributed by atoms with van der Waals surface area (Å²) in [7, 11) is 0. The third-order valence-electron chi connectivity index (χ3n) is 4.52. The van der Waals surface area contributed by atoms with Crippen LogP contribution in [0.5, 0.6) is 0 Å². The average Bonchev–Trinajstić information content (AvgIpc) is 2.88. The summed E-state index contributed by atoms with van der Waals surface area (Å²) < 4.78 is 46.0. The van der Waals surface area contributed by atoms with Gasteiger partial charge in [0, 0.05) is 18.1 Å². The Labute approximate surface area is 122 Å². The summed E-state index contributed by atoms with van der Waals surface area (Å²) in [6, 6.07) is -0.00135. The second kappa shape index (κ2) is 6.52. The second-order valence-electron chi connectivity index (χ2n) is 5.85. The zero-order valence-corrected chi connectivity index (χ0v) is 12.2. The van der Waals surface area contributed by atoms with Gasteiger partial charge in [-0.15, -0.1) is 0 Å². The van der Waals surface area contributed by atoms with Crippen LogP contribution in [0.25, 0.3) is 0 Å². The van der Waals surface area contributed by atoms with Gasteiger partial charge in [-0.2, -0.15) is 13.2 Å². The number of hydrogen-bond donors (Lipinski definition) is 1. The average molecular weight is 309 g/mol. The lowest BCUT2D eigenvalue weighted by atomic mass is 9.60. The van der Waals surface area contributed by atoms with Crippen molar-refractivity contribution in [2.45, 2.75) is 57.3 Å². The van der Waals surface area contributed by atoms with Gasteiger partial charge in [-0.3, -0.25) is 4.79 Å². The minimum Gasteiger partial charge on any atom is -0.378 e. The van der Waals surface area contributed by atoms with Crippen molar-refractivity contribution in [1.29, 1.82) is 0 Å². The molecule has 7 heteroatoms. The lowest BCUT2D eigenvalue weighted by Crippen LogP contribution is -2.64. The molecule has 2 atom stereocenters. The molecule has 4 nitrogen and oxygen atoms in total. The summed E-state index contributed by atoms with van der Waals surface area (Å²) in [6.07, 6.45) is 0.730. The zero-order valence-electron chi connectivity index (χ0n) is 12.2. The fourth-order valence-electron chi connectivity index (χ4n) is 3.58. The Morgan fingerprint density at radius 3 is 2.57 bits per heavy atom. The maximum atomic E-state index is 11.9. The minimum atomic E-state index is -4.40. The molecule has 0 aromatic rings. The van der Waals surface area contributed by atoms with E-state index >= 15 is 0 Å². The first-order chi connectivity index (χ1) is 9.87. The molecule has 2 fully saturated rings. The fourth-order valence-corrected chi connectivity index (χ4v) is 3.58. The van der Waals surface area contributed by atoms with E-state index in [-0.39, 0.29) is 17.6 Å². The molecule has 0 aromatic carbocycles. The van der Waals surface area contributed by atoms with Crippen LogP contribution >= 0.6 is 0 Å². The number of amides is 1. The van der Waals surface area contributed by atoms with Crippen molar-refractivity contribution in [3.63, 3.8) is 0 Å². The van der Waals surface area contributed by atoms with Crippen molar-refractivity contribution in [3.8, 4) is 0 Å². The summed E-state index contributed by atoms with van der Waals surface area (Å²) in [5, 5.41) is 2.81. The van der Waals surface area contributed by atoms with Crippen molar-refractivity contribution in [2.75, 3.05) is 19.8 Å². The molecule has 0 aliphatic heterocycles. The van der Waals surface area contributed by atoms with Gasteiger partial charge in [-0.1, -0.05) is 12.8 Å². The number of alkyl halides is 3. The number of hydrogen-bond acceptors (Lipinski definition) is 3. The molecule has 2 aliphatic rings. The van der Waals surface area contributed by atoms with Crippen LogP contribution < -0.4 is 5.32 Å². The van der Waals surface area contributed by atoms with Crippen LogP contribution in [0.4, 0.5) is 13.2 Å². The van der Waals surface area contributed by atoms with Crippen molar-refractivity contribution >= 4 is 5.91 Å². The number of nitrogens with one attached hydrogen (secondary N) is 1. The third kappa shape index (κ3) is 3.88. The van der Waals surface area contributed by atoms with Gasteiger partial charge in [-0.05, 0) is 26.2 Å². The quantitative estimate of drug-likeness (QED) is 0.820. The molecule has 21 heavy (non-hydrogen) atoms. The lowest BCUT2D eigenvalue weighted by Gasteiger charge is -2.54. The first-order valence-electron chi connectivity index (χ1n) is 7.43. The summed E-state index contributed by atoms with van der Waals surface area (Å²) in [6.45, 7) is 0.643. The van der Waals surface area contributed by atoms with Crippen LogP contribution in [0.1, 0.15) is 39.0 Å². The van der Waals surface area contributed by atoms with Crippen LogP contribution in [-0.4, -0.2) is 44.0 Å². The Balaban J connectivity index is 1.79. The molecule has 2 unspecified atom stereocenters. The highest BCUT2D eigenvalue weighted by Gasteiger charge is 2.57. The zero-order chi connectivity index (χ0) is 15.5. The topological polar surface area (TPSA) is 47.6 Å². The highest BCUT2D eigenvalue weighted by atomic mass is 19.4. The third-order valence-corrected chi connectivity index (χ3v) is 4.52. The summed E-state index contributed by atoms with van der Waals surface area (Å²) >= 11 is 0. The lowest BCUT2D eigenvalue weighted by molar-refractivity contribution is -0.177. The van der Waals surface area contributed by atoms with Gasteiger partial charge in [0.05, 0.1) is 6.10 Å². The molecule has 0 bridgehead atoms. The fraction of sp³-hybridized carbons (Fsp3) is 0.929. The number of carbonyl (C=O) groups is 1. The standard InChI is InChI=1S/C14H22F3NO3/c1-2-21-11-7-10(13(11)5-3-4-6-13)18-12(19)8-20-9-14(15,16)17/h10-11H,2-9H2,1H3,(H,18,19). The van der Waals surface area contributed by atoms with Crippen LogP contribution in [0.2, 0.25) is 0 Å². The van der Waals surface area contributed by atoms with Gasteiger partial charge in [0.25, 0.3) is 0 Å². The smallest absolute Gasteiger partial charge is 0.378 e. The van der Waals surface area contributed by atoms with E-state index in [1.165, 1.54) is 0 Å². The van der Waals surface area contributed by atoms with Crippen molar-refractivity contribution in [3.05, 3.63) is 0 Å². The van der Waals surface area contributed by atoms with Gasteiger partial charge in [0.1, 0.15) is 13.2 Å². The molecule has 1 spiro atoms. The summed E-state index contributed by atoms with van der Waals surface area (Å²) in [5.41, 5.74) is -0.0182. The van der Waals surface area contributed by atoms with Crippen LogP contribution in [-0.2, 0) is 14.3 Å². The van der Waals surface area contributed by atoms with E-state index in [9.17, 15) is 18.0 Å². The van der Waals surface area contributed by atoms with E-state index in [0.29, 0.717) is 6.61 Å². The number of carbonyl (C=O) groups excluding carboxylic acids is 1. The molecule has 0 saturated heterocycles. The number of halogens is 3. The summed E-state index contributed by atoms with van der Waals surface area (Å²) in [5.74, 6) is -0.481. The maximum Gasteiger partial charge on any atom is 0.411 e. The molecule has 1 amide bonds. The van der Waals surface area contributed by atoms with E-state index in [4.69, 9.17) is 4.74 Å². The van der Waals surface area contributed by atoms with Crippen molar-refractivity contribution < 1.29 is 27.4 Å². The molecule has 2 rings (SSSR count). The highest BCUT2D eigenvalue weighted by molar-refractivity contribution is 5.77. The Morgan fingerprint density at radius 1 is 1.33 bits per heavy atom. The highest BCUT2D eigenvalue weighted by Crippen LogP contribution is 2.54. The molecule has 1 N–H and O–H groups in total. The minimum absolute atomic E-state index is 0.00135. The molecule has 2 saturated carbocycles. The second-order valence-corrected chi connectivity index (χ2v) is 5.85. The predicted molar refractivity (Wildman–Crippen MR) is 69.7 cm³/mol. The molecule has 2 aliphatic carbocycles. The van der Waals surface area contributed by atoms with Gasteiger partial charge >= 0.3 is 6.18 Å². The Kier molecular flexibility index (Phi) is 5.14. The monoisotopic (exact) mass is 309 g/mol. The van der Waals surface area contributed by atoms with Crippen LogP contribution in [0.15, 0.2) is 0 Å². The van der Waals surface area contributed by atoms with E-state index in [1.807, 2.05) is 6.92 Å². The van der Waals surface area contributed by atoms with Gasteiger partial charge in [0.2, 0.25) is 5.91 Å². The number of ether oxygens (including phenoxy) is 2. The molecular weight excluding hydrogens is 287 g/mol. The van der Waals surface area contributed by atoms with E-state index in [2.05, 4.69) is 10.1 Å². The SMILES string of the molecule is CCOC1CC(NC(=O)COCC(F)(F)F)C12CCCC2. The van der Waals surface area contributed by atoms with Crippen molar-refractivity contribution in [2.24, 2.45) is 5.41 Å². The number of rotatable bonds is 6. The van der Waals surface area contributed by atoms with Gasteiger partial charge in [0.15, 0.2) is 0 Å². The molecule has 0 heterocycles. The Morgan fingerprint density at radius 2 is 2.00 bits per heavy atom. The Hall–Kier alpha value is -0.820. The largest absolute Gasteiger partial charge is 0.411 e. The maximum absolute atomic E-state index is 11.9. The molecule has 122 valence electrons.